The van der Waals surface area contributed by atoms with Gasteiger partial charge in [-0.3, -0.25) is 14.4 Å². The predicted octanol–water partition coefficient (Wildman–Crippen LogP) is 1.29. The van der Waals surface area contributed by atoms with Gasteiger partial charge in [0.2, 0.25) is 5.91 Å². The van der Waals surface area contributed by atoms with Crippen LogP contribution in [0.15, 0.2) is 0 Å². The second kappa shape index (κ2) is 7.87. The van der Waals surface area contributed by atoms with Crippen LogP contribution in [0.3, 0.4) is 0 Å². The molecule has 0 saturated heterocycles. The topological polar surface area (TPSA) is 83.9 Å². The Morgan fingerprint density at radius 1 is 1.20 bits per heavy atom. The van der Waals surface area contributed by atoms with E-state index in [4.69, 9.17) is 9.84 Å². The van der Waals surface area contributed by atoms with Crippen LogP contribution in [0.4, 0.5) is 0 Å². The molecule has 1 rings (SSSR count). The summed E-state index contributed by atoms with van der Waals surface area (Å²) >= 11 is 0. The average molecular weight is 285 g/mol. The van der Waals surface area contributed by atoms with Crippen molar-refractivity contribution in [1.29, 1.82) is 0 Å². The minimum Gasteiger partial charge on any atom is -0.481 e. The highest BCUT2D eigenvalue weighted by Gasteiger charge is 2.39. The van der Waals surface area contributed by atoms with E-state index in [1.807, 2.05) is 6.92 Å². The molecule has 2 atom stereocenters. The first-order valence-electron chi connectivity index (χ1n) is 7.18. The molecule has 1 saturated carbocycles. The summed E-state index contributed by atoms with van der Waals surface area (Å²) in [5.41, 5.74) is 0. The van der Waals surface area contributed by atoms with Crippen molar-refractivity contribution in [2.24, 2.45) is 11.8 Å². The lowest BCUT2D eigenvalue weighted by Crippen LogP contribution is -2.42. The van der Waals surface area contributed by atoms with Crippen LogP contribution in [-0.4, -0.2) is 47.5 Å². The number of carboxylic acids is 1. The van der Waals surface area contributed by atoms with E-state index < -0.39 is 23.8 Å². The van der Waals surface area contributed by atoms with Gasteiger partial charge < -0.3 is 14.7 Å². The summed E-state index contributed by atoms with van der Waals surface area (Å²) in [5.74, 6) is -2.73. The number of hydrogen-bond acceptors (Lipinski definition) is 4. The molecular formula is C14H23NO5. The van der Waals surface area contributed by atoms with Crippen LogP contribution in [0.1, 0.15) is 39.5 Å². The van der Waals surface area contributed by atoms with Gasteiger partial charge in [0.05, 0.1) is 18.4 Å². The Bertz CT molecular complexity index is 369. The van der Waals surface area contributed by atoms with Crippen LogP contribution in [0.25, 0.3) is 0 Å². The van der Waals surface area contributed by atoms with E-state index in [9.17, 15) is 14.4 Å². The maximum atomic E-state index is 12.4. The van der Waals surface area contributed by atoms with E-state index in [1.165, 1.54) is 4.90 Å². The zero-order valence-electron chi connectivity index (χ0n) is 12.1. The van der Waals surface area contributed by atoms with E-state index in [1.54, 1.807) is 6.92 Å². The number of aliphatic carboxylic acids is 1. The number of nitrogens with zero attached hydrogens (tertiary/aromatic N) is 1. The first-order valence-corrected chi connectivity index (χ1v) is 7.18. The maximum Gasteiger partial charge on any atom is 0.325 e. The van der Waals surface area contributed by atoms with E-state index in [0.717, 1.165) is 12.8 Å². The number of ether oxygens (including phenoxy) is 1. The Labute approximate surface area is 119 Å². The summed E-state index contributed by atoms with van der Waals surface area (Å²) in [5, 5.41) is 9.15. The molecule has 1 aliphatic rings. The van der Waals surface area contributed by atoms with Gasteiger partial charge in [-0.2, -0.15) is 0 Å². The summed E-state index contributed by atoms with van der Waals surface area (Å²) in [6.45, 7) is 4.24. The van der Waals surface area contributed by atoms with Gasteiger partial charge in [0.1, 0.15) is 6.54 Å². The van der Waals surface area contributed by atoms with Gasteiger partial charge in [0.15, 0.2) is 0 Å². The molecule has 0 unspecified atom stereocenters. The molecule has 0 bridgehead atoms. The first kappa shape index (κ1) is 16.5. The Balaban J connectivity index is 2.72. The average Bonchev–Trinajstić information content (AvgIpc) is 2.87. The molecule has 0 aromatic carbocycles. The fraction of sp³-hybridized carbons (Fsp3) is 0.786. The van der Waals surface area contributed by atoms with Gasteiger partial charge >= 0.3 is 11.9 Å². The molecule has 1 aliphatic carbocycles. The first-order chi connectivity index (χ1) is 9.51. The van der Waals surface area contributed by atoms with Gasteiger partial charge in [-0.25, -0.2) is 0 Å². The highest BCUT2D eigenvalue weighted by Crippen LogP contribution is 2.33. The lowest BCUT2D eigenvalue weighted by atomic mass is 9.94. The molecule has 1 N–H and O–H groups in total. The smallest absolute Gasteiger partial charge is 0.325 e. The SMILES string of the molecule is CCCN(CC(=O)OCC)C(=O)[C@@H]1CCC[C@@H]1C(=O)O. The fourth-order valence-electron chi connectivity index (χ4n) is 2.69. The largest absolute Gasteiger partial charge is 0.481 e. The number of amides is 1. The van der Waals surface area contributed by atoms with Crippen LogP contribution < -0.4 is 0 Å². The quantitative estimate of drug-likeness (QED) is 0.712. The highest BCUT2D eigenvalue weighted by molar-refractivity contribution is 5.87. The molecule has 0 aliphatic heterocycles. The van der Waals surface area contributed by atoms with Crippen LogP contribution in [-0.2, 0) is 19.1 Å². The van der Waals surface area contributed by atoms with Gasteiger partial charge in [-0.05, 0) is 26.2 Å². The molecule has 0 spiro atoms. The van der Waals surface area contributed by atoms with Crippen LogP contribution >= 0.6 is 0 Å². The third-order valence-electron chi connectivity index (χ3n) is 3.58. The standard InChI is InChI=1S/C14H23NO5/c1-3-8-15(9-12(16)20-4-2)13(17)10-6-5-7-11(10)14(18)19/h10-11H,3-9H2,1-2H3,(H,18,19)/t10-,11+/m1/s1. The Morgan fingerprint density at radius 2 is 1.85 bits per heavy atom. The second-order valence-electron chi connectivity index (χ2n) is 5.05. The number of carbonyl (C=O) groups is 3. The van der Waals surface area contributed by atoms with Crippen LogP contribution in [0, 0.1) is 11.8 Å². The molecule has 114 valence electrons. The Morgan fingerprint density at radius 3 is 2.40 bits per heavy atom. The van der Waals surface area contributed by atoms with Crippen molar-refractivity contribution in [2.75, 3.05) is 19.7 Å². The van der Waals surface area contributed by atoms with E-state index in [0.29, 0.717) is 19.4 Å². The van der Waals surface area contributed by atoms with Crippen molar-refractivity contribution in [3.05, 3.63) is 0 Å². The molecule has 6 nitrogen and oxygen atoms in total. The monoisotopic (exact) mass is 285 g/mol. The summed E-state index contributed by atoms with van der Waals surface area (Å²) < 4.78 is 4.86. The number of carbonyl (C=O) groups excluding carboxylic acids is 2. The maximum absolute atomic E-state index is 12.4. The molecule has 0 heterocycles. The number of carboxylic acid groups (broad SMARTS) is 1. The molecular weight excluding hydrogens is 262 g/mol. The molecule has 6 heteroatoms. The fourth-order valence-corrected chi connectivity index (χ4v) is 2.69. The number of hydrogen-bond donors (Lipinski definition) is 1. The van der Waals surface area contributed by atoms with E-state index >= 15 is 0 Å². The van der Waals surface area contributed by atoms with Crippen molar-refractivity contribution in [3.8, 4) is 0 Å². The molecule has 0 aromatic rings. The number of rotatable bonds is 7. The minimum absolute atomic E-state index is 0.0939. The summed E-state index contributed by atoms with van der Waals surface area (Å²) in [6, 6.07) is 0. The molecule has 0 aromatic heterocycles. The lowest BCUT2D eigenvalue weighted by molar-refractivity contribution is -0.153. The lowest BCUT2D eigenvalue weighted by Gasteiger charge is -2.26. The van der Waals surface area contributed by atoms with Crippen LogP contribution in [0.2, 0.25) is 0 Å². The van der Waals surface area contributed by atoms with Gasteiger partial charge in [0, 0.05) is 6.54 Å². The van der Waals surface area contributed by atoms with Crippen LogP contribution in [0.5, 0.6) is 0 Å². The highest BCUT2D eigenvalue weighted by atomic mass is 16.5. The normalized spacial score (nSPS) is 21.5. The zero-order chi connectivity index (χ0) is 15.1. The van der Waals surface area contributed by atoms with Crippen molar-refractivity contribution < 1.29 is 24.2 Å². The van der Waals surface area contributed by atoms with Crippen molar-refractivity contribution in [3.63, 3.8) is 0 Å². The van der Waals surface area contributed by atoms with Gasteiger partial charge in [-0.1, -0.05) is 13.3 Å². The van der Waals surface area contributed by atoms with Gasteiger partial charge in [0.25, 0.3) is 0 Å². The van der Waals surface area contributed by atoms with Crippen molar-refractivity contribution >= 4 is 17.8 Å². The summed E-state index contributed by atoms with van der Waals surface area (Å²) in [4.78, 5) is 36.6. The molecule has 20 heavy (non-hydrogen) atoms. The number of esters is 1. The summed E-state index contributed by atoms with van der Waals surface area (Å²) in [7, 11) is 0. The van der Waals surface area contributed by atoms with Gasteiger partial charge in [-0.15, -0.1) is 0 Å². The Kier molecular flexibility index (Phi) is 6.48. The zero-order valence-corrected chi connectivity index (χ0v) is 12.1. The van der Waals surface area contributed by atoms with Crippen molar-refractivity contribution in [1.82, 2.24) is 4.90 Å². The third kappa shape index (κ3) is 4.21. The third-order valence-corrected chi connectivity index (χ3v) is 3.58. The molecule has 1 fully saturated rings. The predicted molar refractivity (Wildman–Crippen MR) is 72.0 cm³/mol. The Hall–Kier alpha value is -1.59. The van der Waals surface area contributed by atoms with Crippen molar-refractivity contribution in [2.45, 2.75) is 39.5 Å². The molecule has 0 radical (unpaired) electrons. The summed E-state index contributed by atoms with van der Waals surface area (Å²) in [6.07, 6.45) is 2.58. The second-order valence-corrected chi connectivity index (χ2v) is 5.05. The molecule has 1 amide bonds. The minimum atomic E-state index is -0.923. The van der Waals surface area contributed by atoms with E-state index in [2.05, 4.69) is 0 Å². The van der Waals surface area contributed by atoms with E-state index in [-0.39, 0.29) is 19.1 Å².